The molecule has 0 saturated carbocycles. The van der Waals surface area contributed by atoms with Gasteiger partial charge in [0.2, 0.25) is 0 Å². The Morgan fingerprint density at radius 2 is 0.600 bits per heavy atom. The third-order valence-electron chi connectivity index (χ3n) is 5.60. The van der Waals surface area contributed by atoms with Crippen molar-refractivity contribution in [3.05, 3.63) is 0 Å². The van der Waals surface area contributed by atoms with Crippen LogP contribution in [0.3, 0.4) is 0 Å². The highest BCUT2D eigenvalue weighted by Gasteiger charge is 2.39. The lowest BCUT2D eigenvalue weighted by atomic mass is 9.98. The standard InChI is InChI=1S/C24H51P/c1-16(2)13-22(19(7)8)25(23(20(9)10)14-17(3)4)24(21(11)12)15-18(5)6/h16-24H,13-15H2,1-12H3. The molecule has 152 valence electrons. The minimum Gasteiger partial charge on any atom is -0.0963 e. The van der Waals surface area contributed by atoms with Crippen LogP contribution in [0.25, 0.3) is 0 Å². The Balaban J connectivity index is 6.01. The summed E-state index contributed by atoms with van der Waals surface area (Å²) in [5.74, 6) is 4.89. The van der Waals surface area contributed by atoms with Crippen LogP contribution in [-0.2, 0) is 0 Å². The maximum Gasteiger partial charge on any atom is -0.0179 e. The Morgan fingerprint density at radius 3 is 0.720 bits per heavy atom. The maximum atomic E-state index is 2.50. The molecule has 0 rings (SSSR count). The fourth-order valence-electron chi connectivity index (χ4n) is 4.40. The summed E-state index contributed by atoms with van der Waals surface area (Å²) >= 11 is 0. The minimum absolute atomic E-state index is 0.0332. The fraction of sp³-hybridized carbons (Fsp3) is 1.00. The van der Waals surface area contributed by atoms with Gasteiger partial charge in [0.25, 0.3) is 0 Å². The van der Waals surface area contributed by atoms with E-state index in [1.807, 2.05) is 0 Å². The lowest BCUT2D eigenvalue weighted by Crippen LogP contribution is -2.34. The highest BCUT2D eigenvalue weighted by Crippen LogP contribution is 2.61. The van der Waals surface area contributed by atoms with E-state index in [-0.39, 0.29) is 7.92 Å². The zero-order valence-electron chi connectivity index (χ0n) is 19.8. The molecule has 1 heteroatoms. The molecular weight excluding hydrogens is 319 g/mol. The van der Waals surface area contributed by atoms with Crippen LogP contribution >= 0.6 is 7.92 Å². The predicted octanol–water partition coefficient (Wildman–Crippen LogP) is 8.68. The van der Waals surface area contributed by atoms with Crippen LogP contribution in [0.15, 0.2) is 0 Å². The molecule has 0 aromatic rings. The molecule has 0 aromatic heterocycles. The third kappa shape index (κ3) is 9.26. The van der Waals surface area contributed by atoms with Crippen LogP contribution < -0.4 is 0 Å². The lowest BCUT2D eigenvalue weighted by molar-refractivity contribution is 0.425. The van der Waals surface area contributed by atoms with Crippen molar-refractivity contribution >= 4 is 7.92 Å². The highest BCUT2D eigenvalue weighted by atomic mass is 31.1. The molecule has 0 nitrogen and oxygen atoms in total. The molecule has 0 amide bonds. The summed E-state index contributed by atoms with van der Waals surface area (Å²) < 4.78 is 0. The second-order valence-corrected chi connectivity index (χ2v) is 13.7. The van der Waals surface area contributed by atoms with Gasteiger partial charge in [0.1, 0.15) is 0 Å². The van der Waals surface area contributed by atoms with Gasteiger partial charge in [-0.3, -0.25) is 0 Å². The summed E-state index contributed by atoms with van der Waals surface area (Å²) in [6, 6.07) is 0. The van der Waals surface area contributed by atoms with Crippen LogP contribution in [0.4, 0.5) is 0 Å². The van der Waals surface area contributed by atoms with Crippen molar-refractivity contribution in [2.24, 2.45) is 35.5 Å². The second kappa shape index (κ2) is 12.0. The molecule has 0 aliphatic heterocycles. The maximum absolute atomic E-state index is 2.50. The summed E-state index contributed by atoms with van der Waals surface area (Å²) in [5, 5.41) is 0. The molecule has 0 saturated heterocycles. The first-order valence-electron chi connectivity index (χ1n) is 11.2. The Labute approximate surface area is 163 Å². The van der Waals surface area contributed by atoms with Gasteiger partial charge >= 0.3 is 0 Å². The zero-order chi connectivity index (χ0) is 19.9. The van der Waals surface area contributed by atoms with Crippen molar-refractivity contribution in [2.75, 3.05) is 0 Å². The van der Waals surface area contributed by atoms with Crippen molar-refractivity contribution < 1.29 is 0 Å². The van der Waals surface area contributed by atoms with E-state index in [4.69, 9.17) is 0 Å². The quantitative estimate of drug-likeness (QED) is 0.301. The molecule has 25 heavy (non-hydrogen) atoms. The first kappa shape index (κ1) is 25.4. The van der Waals surface area contributed by atoms with Gasteiger partial charge in [-0.05, 0) is 71.7 Å². The molecule has 3 unspecified atom stereocenters. The van der Waals surface area contributed by atoms with Crippen molar-refractivity contribution in [1.29, 1.82) is 0 Å². The summed E-state index contributed by atoms with van der Waals surface area (Å²) in [7, 11) is 0.0332. The highest BCUT2D eigenvalue weighted by molar-refractivity contribution is 7.60. The van der Waals surface area contributed by atoms with Crippen LogP contribution in [0.1, 0.15) is 102 Å². The lowest BCUT2D eigenvalue weighted by Gasteiger charge is -2.47. The van der Waals surface area contributed by atoms with E-state index in [9.17, 15) is 0 Å². The number of rotatable bonds is 12. The van der Waals surface area contributed by atoms with Crippen molar-refractivity contribution in [2.45, 2.75) is 119 Å². The van der Waals surface area contributed by atoms with Crippen LogP contribution in [0, 0.1) is 35.5 Å². The number of hydrogen-bond donors (Lipinski definition) is 0. The molecular formula is C24H51P. The molecule has 0 spiro atoms. The predicted molar refractivity (Wildman–Crippen MR) is 121 cm³/mol. The Morgan fingerprint density at radius 1 is 0.400 bits per heavy atom. The summed E-state index contributed by atoms with van der Waals surface area (Å²) in [5.41, 5.74) is 2.77. The van der Waals surface area contributed by atoms with Crippen LogP contribution in [0.5, 0.6) is 0 Å². The third-order valence-corrected chi connectivity index (χ3v) is 10.3. The Hall–Kier alpha value is 0.430. The average molecular weight is 371 g/mol. The van der Waals surface area contributed by atoms with Gasteiger partial charge in [-0.15, -0.1) is 0 Å². The van der Waals surface area contributed by atoms with Gasteiger partial charge in [0, 0.05) is 0 Å². The molecule has 0 aliphatic carbocycles. The first-order chi connectivity index (χ1) is 11.4. The molecule has 0 fully saturated rings. The molecule has 0 bridgehead atoms. The molecule has 3 atom stereocenters. The molecule has 0 radical (unpaired) electrons. The largest absolute Gasteiger partial charge is 0.0963 e. The van der Waals surface area contributed by atoms with E-state index in [2.05, 4.69) is 83.1 Å². The smallest absolute Gasteiger partial charge is 0.0179 e. The van der Waals surface area contributed by atoms with Crippen molar-refractivity contribution in [1.82, 2.24) is 0 Å². The normalized spacial score (nSPS) is 18.0. The monoisotopic (exact) mass is 370 g/mol. The van der Waals surface area contributed by atoms with Gasteiger partial charge in [-0.25, -0.2) is 0 Å². The van der Waals surface area contributed by atoms with Crippen LogP contribution in [-0.4, -0.2) is 17.0 Å². The summed E-state index contributed by atoms with van der Waals surface area (Å²) in [6.07, 6.45) is 4.27. The van der Waals surface area contributed by atoms with E-state index in [1.54, 1.807) is 0 Å². The molecule has 0 heterocycles. The van der Waals surface area contributed by atoms with E-state index in [0.29, 0.717) is 0 Å². The Kier molecular flexibility index (Phi) is 12.2. The van der Waals surface area contributed by atoms with Crippen LogP contribution in [0.2, 0.25) is 0 Å². The van der Waals surface area contributed by atoms with E-state index in [1.165, 1.54) is 19.3 Å². The SMILES string of the molecule is CC(C)CC(C(C)C)P(C(CC(C)C)C(C)C)C(CC(C)C)C(C)C. The molecule has 0 aliphatic rings. The fourth-order valence-corrected chi connectivity index (χ4v) is 9.94. The average Bonchev–Trinajstić information content (AvgIpc) is 2.42. The Bertz CT molecular complexity index is 275. The zero-order valence-corrected chi connectivity index (χ0v) is 20.7. The van der Waals surface area contributed by atoms with Gasteiger partial charge in [0.15, 0.2) is 0 Å². The van der Waals surface area contributed by atoms with E-state index in [0.717, 1.165) is 52.5 Å². The van der Waals surface area contributed by atoms with E-state index >= 15 is 0 Å². The minimum atomic E-state index is 0.0332. The number of hydrogen-bond acceptors (Lipinski definition) is 0. The summed E-state index contributed by atoms with van der Waals surface area (Å²) in [6.45, 7) is 29.6. The van der Waals surface area contributed by atoms with E-state index < -0.39 is 0 Å². The summed E-state index contributed by atoms with van der Waals surface area (Å²) in [4.78, 5) is 0. The topological polar surface area (TPSA) is 0 Å². The van der Waals surface area contributed by atoms with Gasteiger partial charge in [-0.2, -0.15) is 0 Å². The van der Waals surface area contributed by atoms with Gasteiger partial charge in [-0.1, -0.05) is 91.0 Å². The van der Waals surface area contributed by atoms with Crippen molar-refractivity contribution in [3.8, 4) is 0 Å². The van der Waals surface area contributed by atoms with Gasteiger partial charge in [0.05, 0.1) is 0 Å². The second-order valence-electron chi connectivity index (χ2n) is 10.8. The first-order valence-corrected chi connectivity index (χ1v) is 12.7. The van der Waals surface area contributed by atoms with Gasteiger partial charge < -0.3 is 0 Å². The molecule has 0 N–H and O–H groups in total. The van der Waals surface area contributed by atoms with Crippen molar-refractivity contribution in [3.63, 3.8) is 0 Å². The molecule has 0 aromatic carbocycles.